The van der Waals surface area contributed by atoms with E-state index in [0.29, 0.717) is 11.1 Å². The topological polar surface area (TPSA) is 114 Å². The van der Waals surface area contributed by atoms with Crippen molar-refractivity contribution >= 4 is 27.7 Å². The van der Waals surface area contributed by atoms with Crippen LogP contribution >= 0.6 is 0 Å². The zero-order valence-electron chi connectivity index (χ0n) is 16.3. The maximum Gasteiger partial charge on any atom is 0.328 e. The number of amidine groups is 1. The summed E-state index contributed by atoms with van der Waals surface area (Å²) in [6.07, 6.45) is -1.09. The minimum atomic E-state index is -3.70. The summed E-state index contributed by atoms with van der Waals surface area (Å²) in [5, 5.41) is 2.68. The number of amides is 1. The Morgan fingerprint density at radius 3 is 2.50 bits per heavy atom. The number of nitrogens with zero attached hydrogens (tertiary/aromatic N) is 1. The Hall–Kier alpha value is -3.27. The van der Waals surface area contributed by atoms with Crippen molar-refractivity contribution in [3.8, 4) is 0 Å². The average molecular weight is 433 g/mol. The van der Waals surface area contributed by atoms with Gasteiger partial charge >= 0.3 is 5.97 Å². The quantitative estimate of drug-likeness (QED) is 0.673. The number of benzene rings is 2. The molecule has 1 heterocycles. The number of carbonyl (C=O) groups excluding carboxylic acids is 2. The lowest BCUT2D eigenvalue weighted by Crippen LogP contribution is -2.37. The molecule has 0 aromatic heterocycles. The molecular formula is C20H20FN3O5S. The minimum absolute atomic E-state index is 0.0459. The highest BCUT2D eigenvalue weighted by Crippen LogP contribution is 2.22. The van der Waals surface area contributed by atoms with Crippen LogP contribution in [0.25, 0.3) is 0 Å². The Bertz CT molecular complexity index is 1100. The van der Waals surface area contributed by atoms with Gasteiger partial charge in [-0.25, -0.2) is 12.8 Å². The Labute approximate surface area is 173 Å². The summed E-state index contributed by atoms with van der Waals surface area (Å²) >= 11 is 0. The number of halogens is 1. The normalized spacial score (nSPS) is 17.5. The summed E-state index contributed by atoms with van der Waals surface area (Å²) in [5.74, 6) is -1.65. The van der Waals surface area contributed by atoms with Gasteiger partial charge in [-0.05, 0) is 43.7 Å². The molecule has 0 fully saturated rings. The molecule has 2 aromatic rings. The van der Waals surface area contributed by atoms with Gasteiger partial charge in [0.05, 0.1) is 10.9 Å². The van der Waals surface area contributed by atoms with Crippen LogP contribution in [0.1, 0.15) is 31.0 Å². The van der Waals surface area contributed by atoms with Crippen LogP contribution < -0.4 is 10.0 Å². The number of aliphatic imine (C=N–C) groups is 1. The molecule has 0 radical (unpaired) electrons. The van der Waals surface area contributed by atoms with Crippen molar-refractivity contribution in [1.82, 2.24) is 10.0 Å². The molecule has 0 aliphatic carbocycles. The van der Waals surface area contributed by atoms with Gasteiger partial charge in [0.25, 0.3) is 15.9 Å². The molecule has 30 heavy (non-hydrogen) atoms. The third kappa shape index (κ3) is 4.82. The van der Waals surface area contributed by atoms with E-state index in [2.05, 4.69) is 15.0 Å². The highest BCUT2D eigenvalue weighted by molar-refractivity contribution is 7.90. The molecule has 158 valence electrons. The van der Waals surface area contributed by atoms with E-state index in [1.54, 1.807) is 37.3 Å². The van der Waals surface area contributed by atoms with Crippen LogP contribution in [0.2, 0.25) is 0 Å². The van der Waals surface area contributed by atoms with Gasteiger partial charge in [0.1, 0.15) is 18.2 Å². The van der Waals surface area contributed by atoms with E-state index in [-0.39, 0.29) is 16.5 Å². The van der Waals surface area contributed by atoms with E-state index in [4.69, 9.17) is 4.74 Å². The SMILES string of the molecule is CC(OC(=O)CN=C1NS(=O)(=O)c2ccccc21)C(=O)NC(C)c1ccc(F)cc1. The molecule has 0 spiro atoms. The van der Waals surface area contributed by atoms with Crippen LogP contribution in [0.15, 0.2) is 58.4 Å². The molecule has 0 saturated heterocycles. The first-order valence-corrected chi connectivity index (χ1v) is 10.6. The van der Waals surface area contributed by atoms with E-state index in [0.717, 1.165) is 0 Å². The molecule has 2 N–H and O–H groups in total. The Morgan fingerprint density at radius 2 is 1.80 bits per heavy atom. The van der Waals surface area contributed by atoms with E-state index >= 15 is 0 Å². The number of nitrogens with one attached hydrogen (secondary N) is 2. The van der Waals surface area contributed by atoms with Gasteiger partial charge in [0.2, 0.25) is 0 Å². The highest BCUT2D eigenvalue weighted by atomic mass is 32.2. The molecule has 2 unspecified atom stereocenters. The van der Waals surface area contributed by atoms with Crippen molar-refractivity contribution in [2.45, 2.75) is 30.9 Å². The molecule has 1 aliphatic rings. The number of hydrogen-bond donors (Lipinski definition) is 2. The Kier molecular flexibility index (Phi) is 6.16. The molecule has 10 heteroatoms. The lowest BCUT2D eigenvalue weighted by Gasteiger charge is -2.18. The van der Waals surface area contributed by atoms with Crippen molar-refractivity contribution in [3.63, 3.8) is 0 Å². The van der Waals surface area contributed by atoms with Crippen molar-refractivity contribution in [1.29, 1.82) is 0 Å². The maximum atomic E-state index is 13.0. The summed E-state index contributed by atoms with van der Waals surface area (Å²) in [6.45, 7) is 2.66. The summed E-state index contributed by atoms with van der Waals surface area (Å²) in [7, 11) is -3.70. The molecule has 1 amide bonds. The molecule has 2 aromatic carbocycles. The first-order valence-electron chi connectivity index (χ1n) is 9.09. The lowest BCUT2D eigenvalue weighted by molar-refractivity contribution is -0.153. The molecule has 8 nitrogen and oxygen atoms in total. The standard InChI is InChI=1S/C20H20FN3O5S/c1-12(14-7-9-15(21)10-8-14)23-20(26)13(2)29-18(25)11-22-19-16-5-3-4-6-17(16)30(27,28)24-19/h3-10,12-13H,11H2,1-2H3,(H,22,24)(H,23,26). The number of fused-ring (bicyclic) bond motifs is 1. The minimum Gasteiger partial charge on any atom is -0.451 e. The summed E-state index contributed by atoms with van der Waals surface area (Å²) in [5.41, 5.74) is 1.06. The second-order valence-corrected chi connectivity index (χ2v) is 8.33. The Balaban J connectivity index is 1.56. The van der Waals surface area contributed by atoms with Crippen molar-refractivity contribution < 1.29 is 27.1 Å². The molecule has 3 rings (SSSR count). The number of rotatable bonds is 6. The van der Waals surface area contributed by atoms with Gasteiger partial charge in [-0.3, -0.25) is 19.3 Å². The van der Waals surface area contributed by atoms with Gasteiger partial charge in [-0.1, -0.05) is 24.3 Å². The summed E-state index contributed by atoms with van der Waals surface area (Å²) < 4.78 is 44.4. The zero-order chi connectivity index (χ0) is 21.9. The predicted octanol–water partition coefficient (Wildman–Crippen LogP) is 1.67. The van der Waals surface area contributed by atoms with Crippen LogP contribution in [0.4, 0.5) is 4.39 Å². The first-order chi connectivity index (χ1) is 14.2. The number of esters is 1. The number of sulfonamides is 1. The molecule has 0 bridgehead atoms. The van der Waals surface area contributed by atoms with E-state index in [9.17, 15) is 22.4 Å². The van der Waals surface area contributed by atoms with E-state index in [1.165, 1.54) is 25.1 Å². The second kappa shape index (κ2) is 8.62. The highest BCUT2D eigenvalue weighted by Gasteiger charge is 2.30. The van der Waals surface area contributed by atoms with Crippen LogP contribution in [-0.4, -0.2) is 38.8 Å². The largest absolute Gasteiger partial charge is 0.451 e. The van der Waals surface area contributed by atoms with Crippen LogP contribution in [0.5, 0.6) is 0 Å². The monoisotopic (exact) mass is 433 g/mol. The molecule has 1 aliphatic heterocycles. The van der Waals surface area contributed by atoms with Crippen LogP contribution in [0.3, 0.4) is 0 Å². The number of carbonyl (C=O) groups is 2. The van der Waals surface area contributed by atoms with Crippen LogP contribution in [-0.2, 0) is 24.3 Å². The lowest BCUT2D eigenvalue weighted by atomic mass is 10.1. The fraction of sp³-hybridized carbons (Fsp3) is 0.250. The molecule has 2 atom stereocenters. The fourth-order valence-electron chi connectivity index (χ4n) is 2.85. The first kappa shape index (κ1) is 21.4. The van der Waals surface area contributed by atoms with Gasteiger partial charge < -0.3 is 10.1 Å². The molecular weight excluding hydrogens is 413 g/mol. The van der Waals surface area contributed by atoms with Gasteiger partial charge in [0, 0.05) is 5.56 Å². The third-order valence-electron chi connectivity index (χ3n) is 4.44. The van der Waals surface area contributed by atoms with Crippen molar-refractivity contribution in [2.75, 3.05) is 6.54 Å². The third-order valence-corrected chi connectivity index (χ3v) is 5.83. The number of ether oxygens (including phenoxy) is 1. The van der Waals surface area contributed by atoms with E-state index in [1.807, 2.05) is 0 Å². The molecule has 0 saturated carbocycles. The Morgan fingerprint density at radius 1 is 1.13 bits per heavy atom. The maximum absolute atomic E-state index is 13.0. The summed E-state index contributed by atoms with van der Waals surface area (Å²) in [4.78, 5) is 28.4. The average Bonchev–Trinajstić information content (AvgIpc) is 2.97. The second-order valence-electron chi connectivity index (χ2n) is 6.68. The van der Waals surface area contributed by atoms with Gasteiger partial charge in [-0.2, -0.15) is 0 Å². The van der Waals surface area contributed by atoms with Crippen molar-refractivity contribution in [2.24, 2.45) is 4.99 Å². The van der Waals surface area contributed by atoms with Gasteiger partial charge in [-0.15, -0.1) is 0 Å². The fourth-order valence-corrected chi connectivity index (χ4v) is 4.10. The zero-order valence-corrected chi connectivity index (χ0v) is 17.1. The predicted molar refractivity (Wildman–Crippen MR) is 107 cm³/mol. The van der Waals surface area contributed by atoms with Crippen molar-refractivity contribution in [3.05, 3.63) is 65.5 Å². The van der Waals surface area contributed by atoms with E-state index < -0.39 is 40.6 Å². The van der Waals surface area contributed by atoms with Crippen LogP contribution in [0, 0.1) is 5.82 Å². The number of hydrogen-bond acceptors (Lipinski definition) is 6. The van der Waals surface area contributed by atoms with Gasteiger partial charge in [0.15, 0.2) is 6.10 Å². The summed E-state index contributed by atoms with van der Waals surface area (Å²) in [6, 6.07) is 11.5. The smallest absolute Gasteiger partial charge is 0.328 e.